The highest BCUT2D eigenvalue weighted by Crippen LogP contribution is 2.36. The van der Waals surface area contributed by atoms with Crippen molar-refractivity contribution in [2.75, 3.05) is 30.8 Å². The largest absolute Gasteiger partial charge is 0.486 e. The van der Waals surface area contributed by atoms with Gasteiger partial charge in [0.25, 0.3) is 0 Å². The molecular weight excluding hydrogens is 228 g/mol. The molecule has 86 valence electrons. The Hall–Kier alpha value is -1.55. The first-order chi connectivity index (χ1) is 7.66. The van der Waals surface area contributed by atoms with Crippen molar-refractivity contribution in [3.8, 4) is 11.5 Å². The van der Waals surface area contributed by atoms with Crippen molar-refractivity contribution in [1.82, 2.24) is 0 Å². The van der Waals surface area contributed by atoms with Crippen molar-refractivity contribution in [3.63, 3.8) is 0 Å². The van der Waals surface area contributed by atoms with Gasteiger partial charge in [-0.3, -0.25) is 0 Å². The van der Waals surface area contributed by atoms with Gasteiger partial charge < -0.3 is 20.5 Å². The summed E-state index contributed by atoms with van der Waals surface area (Å²) in [6.45, 7) is 5.16. The van der Waals surface area contributed by atoms with E-state index < -0.39 is 0 Å². The maximum Gasteiger partial charge on any atom is 0.163 e. The Morgan fingerprint density at radius 2 is 2.00 bits per heavy atom. The summed E-state index contributed by atoms with van der Waals surface area (Å²) in [5, 5.41) is 3.59. The number of anilines is 2. The molecule has 0 atom stereocenters. The van der Waals surface area contributed by atoms with Crippen LogP contribution >= 0.6 is 11.6 Å². The molecule has 0 aromatic heterocycles. The molecule has 0 saturated heterocycles. The normalized spacial score (nSPS) is 13.3. The fraction of sp³-hybridized carbons (Fsp3) is 0.273. The van der Waals surface area contributed by atoms with Gasteiger partial charge in [-0.25, -0.2) is 0 Å². The van der Waals surface area contributed by atoms with Gasteiger partial charge in [-0.05, 0) is 0 Å². The van der Waals surface area contributed by atoms with E-state index in [1.807, 2.05) is 6.07 Å². The standard InChI is InChI=1S/C11H13ClN2O2/c1-7(12)6-14-9-5-11-10(4-8(9)13)15-2-3-16-11/h4-5,14H,1-3,6,13H2. The van der Waals surface area contributed by atoms with Crippen LogP contribution in [0.4, 0.5) is 11.4 Å². The third kappa shape index (κ3) is 2.33. The highest BCUT2D eigenvalue weighted by atomic mass is 35.5. The number of halogens is 1. The van der Waals surface area contributed by atoms with E-state index in [-0.39, 0.29) is 0 Å². The van der Waals surface area contributed by atoms with Gasteiger partial charge in [0.1, 0.15) is 13.2 Å². The summed E-state index contributed by atoms with van der Waals surface area (Å²) >= 11 is 5.67. The Bertz CT molecular complexity index is 421. The monoisotopic (exact) mass is 240 g/mol. The van der Waals surface area contributed by atoms with E-state index in [4.69, 9.17) is 26.8 Å². The van der Waals surface area contributed by atoms with Gasteiger partial charge in [-0.1, -0.05) is 18.2 Å². The van der Waals surface area contributed by atoms with E-state index in [9.17, 15) is 0 Å². The van der Waals surface area contributed by atoms with Crippen LogP contribution in [0.15, 0.2) is 23.7 Å². The van der Waals surface area contributed by atoms with E-state index in [2.05, 4.69) is 11.9 Å². The fourth-order valence-electron chi connectivity index (χ4n) is 1.45. The average Bonchev–Trinajstić information content (AvgIpc) is 2.26. The van der Waals surface area contributed by atoms with Crippen LogP contribution in [0, 0.1) is 0 Å². The lowest BCUT2D eigenvalue weighted by atomic mass is 10.2. The van der Waals surface area contributed by atoms with Crippen molar-refractivity contribution in [2.45, 2.75) is 0 Å². The van der Waals surface area contributed by atoms with E-state index in [0.717, 1.165) is 5.69 Å². The fourth-order valence-corrected chi connectivity index (χ4v) is 1.52. The number of nitrogen functional groups attached to an aromatic ring is 1. The quantitative estimate of drug-likeness (QED) is 0.796. The molecule has 1 aliphatic heterocycles. The van der Waals surface area contributed by atoms with Crippen molar-refractivity contribution in [3.05, 3.63) is 23.7 Å². The zero-order valence-electron chi connectivity index (χ0n) is 8.75. The molecule has 1 aromatic rings. The number of nitrogens with one attached hydrogen (secondary N) is 1. The summed E-state index contributed by atoms with van der Waals surface area (Å²) in [6, 6.07) is 3.55. The molecule has 1 aromatic carbocycles. The number of rotatable bonds is 3. The van der Waals surface area contributed by atoms with Gasteiger partial charge in [-0.2, -0.15) is 0 Å². The molecule has 0 spiro atoms. The number of hydrogen-bond donors (Lipinski definition) is 2. The van der Waals surface area contributed by atoms with Crippen LogP contribution in [0.5, 0.6) is 11.5 Å². The van der Waals surface area contributed by atoms with Crippen molar-refractivity contribution in [2.24, 2.45) is 0 Å². The number of hydrogen-bond acceptors (Lipinski definition) is 4. The molecule has 16 heavy (non-hydrogen) atoms. The first kappa shape index (κ1) is 11.0. The maximum atomic E-state index is 5.86. The van der Waals surface area contributed by atoms with Crippen molar-refractivity contribution in [1.29, 1.82) is 0 Å². The Labute approximate surface area is 99.0 Å². The molecule has 3 N–H and O–H groups in total. The molecule has 1 aliphatic rings. The first-order valence-corrected chi connectivity index (χ1v) is 5.31. The summed E-state index contributed by atoms with van der Waals surface area (Å²) < 4.78 is 10.9. The molecule has 1 heterocycles. The Kier molecular flexibility index (Phi) is 3.10. The van der Waals surface area contributed by atoms with Crippen LogP contribution in [-0.4, -0.2) is 19.8 Å². The van der Waals surface area contributed by atoms with E-state index in [1.165, 1.54) is 0 Å². The molecule has 2 rings (SSSR count). The molecule has 0 unspecified atom stereocenters. The van der Waals surface area contributed by atoms with Crippen molar-refractivity contribution < 1.29 is 9.47 Å². The zero-order chi connectivity index (χ0) is 11.5. The van der Waals surface area contributed by atoms with Crippen LogP contribution in [-0.2, 0) is 0 Å². The van der Waals surface area contributed by atoms with Gasteiger partial charge in [0.05, 0.1) is 17.9 Å². The lowest BCUT2D eigenvalue weighted by Crippen LogP contribution is -2.16. The van der Waals surface area contributed by atoms with Crippen LogP contribution < -0.4 is 20.5 Å². The van der Waals surface area contributed by atoms with E-state index >= 15 is 0 Å². The number of ether oxygens (including phenoxy) is 2. The molecule has 0 fully saturated rings. The van der Waals surface area contributed by atoms with Gasteiger partial charge in [0.15, 0.2) is 11.5 Å². The SMILES string of the molecule is C=C(Cl)CNc1cc2c(cc1N)OCCO2. The second kappa shape index (κ2) is 4.53. The van der Waals surface area contributed by atoms with Gasteiger partial charge in [-0.15, -0.1) is 0 Å². The molecule has 0 amide bonds. The Morgan fingerprint density at radius 1 is 1.38 bits per heavy atom. The predicted molar refractivity (Wildman–Crippen MR) is 65.3 cm³/mol. The minimum Gasteiger partial charge on any atom is -0.486 e. The molecular formula is C11H13ClN2O2. The minimum atomic E-state index is 0.464. The summed E-state index contributed by atoms with van der Waals surface area (Å²) in [5.41, 5.74) is 7.23. The van der Waals surface area contributed by atoms with Gasteiger partial charge >= 0.3 is 0 Å². The van der Waals surface area contributed by atoms with E-state index in [1.54, 1.807) is 6.07 Å². The van der Waals surface area contributed by atoms with E-state index in [0.29, 0.717) is 42.0 Å². The molecule has 4 nitrogen and oxygen atoms in total. The summed E-state index contributed by atoms with van der Waals surface area (Å²) in [7, 11) is 0. The molecule has 0 radical (unpaired) electrons. The maximum absolute atomic E-state index is 5.86. The smallest absolute Gasteiger partial charge is 0.163 e. The van der Waals surface area contributed by atoms with Crippen LogP contribution in [0.25, 0.3) is 0 Å². The summed E-state index contributed by atoms with van der Waals surface area (Å²) in [6.07, 6.45) is 0. The third-order valence-corrected chi connectivity index (χ3v) is 2.32. The predicted octanol–water partition coefficient (Wildman–Crippen LogP) is 2.20. The summed E-state index contributed by atoms with van der Waals surface area (Å²) in [5.74, 6) is 1.38. The lowest BCUT2D eigenvalue weighted by molar-refractivity contribution is 0.172. The highest BCUT2D eigenvalue weighted by molar-refractivity contribution is 6.29. The highest BCUT2D eigenvalue weighted by Gasteiger charge is 2.14. The Morgan fingerprint density at radius 3 is 2.62 bits per heavy atom. The second-order valence-electron chi connectivity index (χ2n) is 3.45. The average molecular weight is 241 g/mol. The number of benzene rings is 1. The van der Waals surface area contributed by atoms with Crippen LogP contribution in [0.2, 0.25) is 0 Å². The summed E-state index contributed by atoms with van der Waals surface area (Å²) in [4.78, 5) is 0. The Balaban J connectivity index is 2.21. The van der Waals surface area contributed by atoms with Crippen molar-refractivity contribution >= 4 is 23.0 Å². The van der Waals surface area contributed by atoms with Crippen LogP contribution in [0.1, 0.15) is 0 Å². The minimum absolute atomic E-state index is 0.464. The lowest BCUT2D eigenvalue weighted by Gasteiger charge is -2.20. The third-order valence-electron chi connectivity index (χ3n) is 2.18. The van der Waals surface area contributed by atoms with Crippen LogP contribution in [0.3, 0.4) is 0 Å². The topological polar surface area (TPSA) is 56.5 Å². The van der Waals surface area contributed by atoms with Gasteiger partial charge in [0.2, 0.25) is 0 Å². The molecule has 0 saturated carbocycles. The van der Waals surface area contributed by atoms with Gasteiger partial charge in [0, 0.05) is 17.2 Å². The number of nitrogens with two attached hydrogens (primary N) is 1. The molecule has 0 aliphatic carbocycles. The zero-order valence-corrected chi connectivity index (χ0v) is 9.51. The number of fused-ring (bicyclic) bond motifs is 1. The second-order valence-corrected chi connectivity index (χ2v) is 3.99. The first-order valence-electron chi connectivity index (χ1n) is 4.93. The molecule has 5 heteroatoms. The molecule has 0 bridgehead atoms.